The van der Waals surface area contributed by atoms with Crippen LogP contribution >= 0.6 is 0 Å². The average Bonchev–Trinajstić information content (AvgIpc) is 2.98. The van der Waals surface area contributed by atoms with Gasteiger partial charge in [-0.1, -0.05) is 6.07 Å². The summed E-state index contributed by atoms with van der Waals surface area (Å²) in [5.74, 6) is 0.594. The number of aromatic nitrogens is 2. The van der Waals surface area contributed by atoms with E-state index in [1.54, 1.807) is 12.1 Å². The Morgan fingerprint density at radius 2 is 2.14 bits per heavy atom. The van der Waals surface area contributed by atoms with Gasteiger partial charge in [-0.15, -0.1) is 0 Å². The van der Waals surface area contributed by atoms with Crippen molar-refractivity contribution in [2.24, 2.45) is 0 Å². The fourth-order valence-electron chi connectivity index (χ4n) is 2.40. The summed E-state index contributed by atoms with van der Waals surface area (Å²) in [6, 6.07) is 6.97. The zero-order chi connectivity index (χ0) is 15.7. The monoisotopic (exact) mass is 315 g/mol. The van der Waals surface area contributed by atoms with Crippen molar-refractivity contribution in [1.82, 2.24) is 14.7 Å². The van der Waals surface area contributed by atoms with E-state index < -0.39 is 10.0 Å². The van der Waals surface area contributed by atoms with E-state index in [0.29, 0.717) is 12.4 Å². The minimum Gasteiger partial charge on any atom is -0.324 e. The highest BCUT2D eigenvalue weighted by Gasteiger charge is 2.24. The SMILES string of the molecule is CNS(=O)(=O)c1ccc2c(c1)N(c1cnc(C#N)cn1)CC2. The second-order valence-electron chi connectivity index (χ2n) is 4.77. The number of hydrogen-bond acceptors (Lipinski definition) is 6. The first-order valence-electron chi connectivity index (χ1n) is 6.61. The van der Waals surface area contributed by atoms with Crippen LogP contribution in [0.25, 0.3) is 0 Å². The molecule has 1 N–H and O–H groups in total. The second kappa shape index (κ2) is 5.36. The van der Waals surface area contributed by atoms with Gasteiger partial charge in [0.25, 0.3) is 0 Å². The molecule has 112 valence electrons. The fourth-order valence-corrected chi connectivity index (χ4v) is 3.15. The summed E-state index contributed by atoms with van der Waals surface area (Å²) in [5, 5.41) is 8.76. The van der Waals surface area contributed by atoms with Gasteiger partial charge in [-0.3, -0.25) is 0 Å². The van der Waals surface area contributed by atoms with Crippen molar-refractivity contribution in [2.45, 2.75) is 11.3 Å². The van der Waals surface area contributed by atoms with Gasteiger partial charge in [-0.25, -0.2) is 23.1 Å². The molecule has 0 amide bonds. The fraction of sp³-hybridized carbons (Fsp3) is 0.214. The number of nitrogens with one attached hydrogen (secondary N) is 1. The Hall–Kier alpha value is -2.50. The molecule has 0 unspecified atom stereocenters. The summed E-state index contributed by atoms with van der Waals surface area (Å²) in [4.78, 5) is 10.3. The minimum atomic E-state index is -3.49. The van der Waals surface area contributed by atoms with Crippen LogP contribution in [0.5, 0.6) is 0 Å². The quantitative estimate of drug-likeness (QED) is 0.905. The Morgan fingerprint density at radius 1 is 1.32 bits per heavy atom. The third-order valence-electron chi connectivity index (χ3n) is 3.56. The van der Waals surface area contributed by atoms with Crippen LogP contribution in [0.3, 0.4) is 0 Å². The lowest BCUT2D eigenvalue weighted by Crippen LogP contribution is -2.19. The van der Waals surface area contributed by atoms with Gasteiger partial charge < -0.3 is 4.90 Å². The molecule has 0 saturated carbocycles. The topological polar surface area (TPSA) is 99.0 Å². The van der Waals surface area contributed by atoms with Gasteiger partial charge in [0.15, 0.2) is 11.5 Å². The summed E-state index contributed by atoms with van der Waals surface area (Å²) >= 11 is 0. The normalized spacial score (nSPS) is 13.7. The van der Waals surface area contributed by atoms with Crippen LogP contribution in [-0.4, -0.2) is 32.0 Å². The van der Waals surface area contributed by atoms with Crippen LogP contribution < -0.4 is 9.62 Å². The molecule has 22 heavy (non-hydrogen) atoms. The first-order chi connectivity index (χ1) is 10.5. The van der Waals surface area contributed by atoms with Crippen molar-refractivity contribution < 1.29 is 8.42 Å². The minimum absolute atomic E-state index is 0.210. The van der Waals surface area contributed by atoms with Crippen LogP contribution in [0.1, 0.15) is 11.3 Å². The Labute approximate surface area is 128 Å². The van der Waals surface area contributed by atoms with E-state index in [2.05, 4.69) is 14.7 Å². The number of benzene rings is 1. The first kappa shape index (κ1) is 14.4. The molecule has 8 heteroatoms. The standard InChI is InChI=1S/C14H13N5O2S/c1-16-22(20,21)12-3-2-10-4-5-19(13(10)6-12)14-9-17-11(7-15)8-18-14/h2-3,6,8-9,16H,4-5H2,1H3. The van der Waals surface area contributed by atoms with Gasteiger partial charge in [0.1, 0.15) is 6.07 Å². The molecule has 3 rings (SSSR count). The van der Waals surface area contributed by atoms with Gasteiger partial charge in [0.2, 0.25) is 10.0 Å². The maximum absolute atomic E-state index is 11.9. The third-order valence-corrected chi connectivity index (χ3v) is 4.97. The molecule has 0 spiro atoms. The molecule has 1 aromatic heterocycles. The lowest BCUT2D eigenvalue weighted by Gasteiger charge is -2.18. The molecule has 0 saturated heterocycles. The molecular formula is C14H13N5O2S. The highest BCUT2D eigenvalue weighted by Crippen LogP contribution is 2.34. The molecule has 1 aliphatic heterocycles. The van der Waals surface area contributed by atoms with Gasteiger partial charge >= 0.3 is 0 Å². The molecule has 0 bridgehead atoms. The number of nitriles is 1. The second-order valence-corrected chi connectivity index (χ2v) is 6.66. The van der Waals surface area contributed by atoms with Crippen LogP contribution in [0, 0.1) is 11.3 Å². The average molecular weight is 315 g/mol. The predicted molar refractivity (Wildman–Crippen MR) is 80.1 cm³/mol. The molecule has 0 fully saturated rings. The zero-order valence-corrected chi connectivity index (χ0v) is 12.6. The molecule has 0 atom stereocenters. The molecule has 2 heterocycles. The lowest BCUT2D eigenvalue weighted by atomic mass is 10.2. The Morgan fingerprint density at radius 3 is 2.77 bits per heavy atom. The first-order valence-corrected chi connectivity index (χ1v) is 8.09. The van der Waals surface area contributed by atoms with E-state index >= 15 is 0 Å². The van der Waals surface area contributed by atoms with Gasteiger partial charge in [0.05, 0.1) is 17.3 Å². The molecule has 0 radical (unpaired) electrons. The third kappa shape index (κ3) is 2.41. The van der Waals surface area contributed by atoms with E-state index in [-0.39, 0.29) is 10.6 Å². The Balaban J connectivity index is 2.03. The van der Waals surface area contributed by atoms with Crippen molar-refractivity contribution in [3.05, 3.63) is 41.9 Å². The van der Waals surface area contributed by atoms with Crippen molar-refractivity contribution in [3.8, 4) is 6.07 Å². The van der Waals surface area contributed by atoms with E-state index in [0.717, 1.165) is 17.7 Å². The molecule has 1 aliphatic rings. The summed E-state index contributed by atoms with van der Waals surface area (Å²) in [6.45, 7) is 0.693. The summed E-state index contributed by atoms with van der Waals surface area (Å²) in [6.07, 6.45) is 3.73. The van der Waals surface area contributed by atoms with E-state index in [4.69, 9.17) is 5.26 Å². The van der Waals surface area contributed by atoms with Crippen molar-refractivity contribution in [2.75, 3.05) is 18.5 Å². The zero-order valence-electron chi connectivity index (χ0n) is 11.8. The summed E-state index contributed by atoms with van der Waals surface area (Å²) in [7, 11) is -2.11. The number of rotatable bonds is 3. The summed E-state index contributed by atoms with van der Waals surface area (Å²) < 4.78 is 26.2. The maximum Gasteiger partial charge on any atom is 0.240 e. The van der Waals surface area contributed by atoms with E-state index in [9.17, 15) is 8.42 Å². The molecule has 1 aromatic carbocycles. The predicted octanol–water partition coefficient (Wildman–Crippen LogP) is 0.951. The number of sulfonamides is 1. The number of nitrogens with zero attached hydrogens (tertiary/aromatic N) is 4. The van der Waals surface area contributed by atoms with Gasteiger partial charge in [-0.2, -0.15) is 5.26 Å². The number of hydrogen-bond donors (Lipinski definition) is 1. The van der Waals surface area contributed by atoms with Crippen molar-refractivity contribution in [1.29, 1.82) is 5.26 Å². The van der Waals surface area contributed by atoms with E-state index in [1.165, 1.54) is 19.4 Å². The highest BCUT2D eigenvalue weighted by molar-refractivity contribution is 7.89. The highest BCUT2D eigenvalue weighted by atomic mass is 32.2. The number of fused-ring (bicyclic) bond motifs is 1. The number of anilines is 2. The molecular weight excluding hydrogens is 302 g/mol. The van der Waals surface area contributed by atoms with Crippen molar-refractivity contribution >= 4 is 21.5 Å². The molecule has 2 aromatic rings. The summed E-state index contributed by atoms with van der Waals surface area (Å²) in [5.41, 5.74) is 2.10. The lowest BCUT2D eigenvalue weighted by molar-refractivity contribution is 0.588. The van der Waals surface area contributed by atoms with Gasteiger partial charge in [-0.05, 0) is 31.2 Å². The smallest absolute Gasteiger partial charge is 0.240 e. The van der Waals surface area contributed by atoms with Gasteiger partial charge in [0, 0.05) is 12.2 Å². The Bertz CT molecular complexity index is 856. The molecule has 0 aliphatic carbocycles. The maximum atomic E-state index is 11.9. The van der Waals surface area contributed by atoms with Crippen LogP contribution in [0.2, 0.25) is 0 Å². The molecule has 7 nitrogen and oxygen atoms in total. The van der Waals surface area contributed by atoms with Crippen LogP contribution in [-0.2, 0) is 16.4 Å². The Kier molecular flexibility index (Phi) is 3.52. The van der Waals surface area contributed by atoms with Crippen LogP contribution in [0.15, 0.2) is 35.5 Å². The van der Waals surface area contributed by atoms with Crippen LogP contribution in [0.4, 0.5) is 11.5 Å². The van der Waals surface area contributed by atoms with Crippen molar-refractivity contribution in [3.63, 3.8) is 0 Å². The van der Waals surface area contributed by atoms with E-state index in [1.807, 2.05) is 17.0 Å². The largest absolute Gasteiger partial charge is 0.324 e.